The zero-order valence-corrected chi connectivity index (χ0v) is 30.4. The molecule has 1 aliphatic heterocycles. The molecule has 51 heavy (non-hydrogen) atoms. The van der Waals surface area contributed by atoms with Crippen LogP contribution in [0.5, 0.6) is 0 Å². The monoisotopic (exact) mass is 695 g/mol. The molecule has 0 bridgehead atoms. The Morgan fingerprint density at radius 1 is 1.08 bits per heavy atom. The number of carbonyl (C=O) groups is 3. The second kappa shape index (κ2) is 14.6. The number of amides is 3. The van der Waals surface area contributed by atoms with Crippen LogP contribution in [0.2, 0.25) is 0 Å². The van der Waals surface area contributed by atoms with Gasteiger partial charge >= 0.3 is 12.2 Å². The smallest absolute Gasteiger partial charge is 0.408 e. The number of alkyl carbamates (subject to hydrolysis) is 2. The third-order valence-corrected chi connectivity index (χ3v) is 9.72. The van der Waals surface area contributed by atoms with Crippen LogP contribution in [0.15, 0.2) is 66.9 Å². The number of hydrogen-bond acceptors (Lipinski definition) is 8. The van der Waals surface area contributed by atoms with Crippen molar-refractivity contribution < 1.29 is 23.9 Å². The summed E-state index contributed by atoms with van der Waals surface area (Å²) in [7, 11) is 1.78. The van der Waals surface area contributed by atoms with Crippen molar-refractivity contribution in [2.75, 3.05) is 25.0 Å². The van der Waals surface area contributed by atoms with Gasteiger partial charge in [0.05, 0.1) is 17.8 Å². The predicted octanol–water partition coefficient (Wildman–Crippen LogP) is 6.21. The van der Waals surface area contributed by atoms with E-state index in [1.807, 2.05) is 101 Å². The number of hydrogen-bond donors (Lipinski definition) is 2. The van der Waals surface area contributed by atoms with Crippen molar-refractivity contribution >= 4 is 29.6 Å². The third kappa shape index (κ3) is 7.79. The highest BCUT2D eigenvalue weighted by Gasteiger charge is 2.48. The second-order valence-electron chi connectivity index (χ2n) is 14.6. The fourth-order valence-corrected chi connectivity index (χ4v) is 7.34. The first-order valence-corrected chi connectivity index (χ1v) is 17.8. The van der Waals surface area contributed by atoms with E-state index in [0.29, 0.717) is 30.7 Å². The fraction of sp³-hybridized carbons (Fsp3) is 0.462. The average Bonchev–Trinajstić information content (AvgIpc) is 3.73. The van der Waals surface area contributed by atoms with Crippen LogP contribution < -0.4 is 15.5 Å². The highest BCUT2D eigenvalue weighted by atomic mass is 16.6. The normalized spacial score (nSPS) is 19.3. The molecule has 2 N–H and O–H groups in total. The molecule has 6 rings (SSSR count). The number of aromatic nitrogens is 3. The van der Waals surface area contributed by atoms with Crippen LogP contribution in [0.4, 0.5) is 15.4 Å². The first-order valence-electron chi connectivity index (χ1n) is 17.8. The molecule has 2 aromatic heterocycles. The van der Waals surface area contributed by atoms with E-state index in [9.17, 15) is 14.4 Å². The van der Waals surface area contributed by atoms with Crippen LogP contribution in [0.1, 0.15) is 87.4 Å². The quantitative estimate of drug-likeness (QED) is 0.212. The minimum absolute atomic E-state index is 0.0525. The van der Waals surface area contributed by atoms with Gasteiger partial charge in [-0.05, 0) is 76.5 Å². The van der Waals surface area contributed by atoms with Crippen molar-refractivity contribution in [2.45, 2.75) is 96.6 Å². The highest BCUT2D eigenvalue weighted by Crippen LogP contribution is 2.39. The lowest BCUT2D eigenvalue weighted by atomic mass is 9.75. The highest BCUT2D eigenvalue weighted by molar-refractivity contribution is 5.92. The van der Waals surface area contributed by atoms with E-state index in [0.717, 1.165) is 53.9 Å². The molecular weight excluding hydrogens is 646 g/mol. The van der Waals surface area contributed by atoms with Crippen LogP contribution in [0.3, 0.4) is 0 Å². The molecule has 1 saturated heterocycles. The van der Waals surface area contributed by atoms with E-state index in [1.165, 1.54) is 0 Å². The Balaban J connectivity index is 1.23. The van der Waals surface area contributed by atoms with E-state index in [2.05, 4.69) is 15.5 Å². The van der Waals surface area contributed by atoms with Crippen LogP contribution in [0.25, 0.3) is 5.65 Å². The van der Waals surface area contributed by atoms with Gasteiger partial charge in [0.15, 0.2) is 5.65 Å². The Hall–Kier alpha value is -5.13. The van der Waals surface area contributed by atoms with Gasteiger partial charge in [-0.15, -0.1) is 0 Å². The Morgan fingerprint density at radius 2 is 1.82 bits per heavy atom. The SMILES string of the molecule is CC[C@@H](c1cc2nc(N3CC[C@H](NC(=O)OC(C)(C)C)C3)c(C)cn2n1)N(C)C(=O)C1(NC(=O)OCc2ccccc2)CCCc2ccccc21. The molecule has 3 amide bonds. The molecule has 0 radical (unpaired) electrons. The molecule has 3 heterocycles. The Kier molecular flexibility index (Phi) is 10.2. The summed E-state index contributed by atoms with van der Waals surface area (Å²) >= 11 is 0. The first-order chi connectivity index (χ1) is 24.4. The molecule has 12 nitrogen and oxygen atoms in total. The van der Waals surface area contributed by atoms with Crippen LogP contribution in [-0.4, -0.2) is 69.4 Å². The van der Waals surface area contributed by atoms with Gasteiger partial charge in [-0.2, -0.15) is 5.10 Å². The molecule has 270 valence electrons. The van der Waals surface area contributed by atoms with Gasteiger partial charge < -0.3 is 29.9 Å². The number of carbonyl (C=O) groups excluding carboxylic acids is 3. The number of nitrogens with one attached hydrogen (secondary N) is 2. The number of ether oxygens (including phenoxy) is 2. The predicted molar refractivity (Wildman–Crippen MR) is 194 cm³/mol. The summed E-state index contributed by atoms with van der Waals surface area (Å²) in [5.74, 6) is 0.608. The Labute approximate surface area is 299 Å². The van der Waals surface area contributed by atoms with Crippen molar-refractivity contribution in [2.24, 2.45) is 0 Å². The molecule has 0 spiro atoms. The van der Waals surface area contributed by atoms with Gasteiger partial charge in [-0.1, -0.05) is 61.5 Å². The summed E-state index contributed by atoms with van der Waals surface area (Å²) in [6.07, 6.45) is 4.26. The van der Waals surface area contributed by atoms with Gasteiger partial charge in [0, 0.05) is 38.0 Å². The van der Waals surface area contributed by atoms with Gasteiger partial charge in [-0.25, -0.2) is 19.1 Å². The van der Waals surface area contributed by atoms with Crippen LogP contribution in [0, 0.1) is 6.92 Å². The Bertz CT molecular complexity index is 1890. The van der Waals surface area contributed by atoms with Crippen molar-refractivity contribution in [1.29, 1.82) is 0 Å². The van der Waals surface area contributed by atoms with E-state index < -0.39 is 23.3 Å². The summed E-state index contributed by atoms with van der Waals surface area (Å²) in [4.78, 5) is 49.5. The summed E-state index contributed by atoms with van der Waals surface area (Å²) in [5, 5.41) is 10.9. The maximum Gasteiger partial charge on any atom is 0.408 e. The number of benzene rings is 2. The van der Waals surface area contributed by atoms with Gasteiger partial charge in [0.2, 0.25) is 0 Å². The number of aryl methyl sites for hydroxylation is 2. The number of nitrogens with zero attached hydrogens (tertiary/aromatic N) is 5. The number of anilines is 1. The van der Waals surface area contributed by atoms with Crippen molar-refractivity contribution in [1.82, 2.24) is 30.1 Å². The van der Waals surface area contributed by atoms with Crippen molar-refractivity contribution in [3.8, 4) is 0 Å². The zero-order valence-electron chi connectivity index (χ0n) is 30.4. The average molecular weight is 696 g/mol. The third-order valence-electron chi connectivity index (χ3n) is 9.72. The maximum atomic E-state index is 14.8. The molecule has 3 atom stereocenters. The maximum absolute atomic E-state index is 14.8. The standard InChI is InChI=1S/C39H49N7O5/c1-7-32(31-22-33-41-34(26(2)23-46(33)43-31)45-21-19-29(24-45)40-36(48)51-38(3,4)5)44(6)35(47)39(20-13-17-28-16-11-12-18-30(28)39)42-37(49)50-25-27-14-9-8-10-15-27/h8-12,14-16,18,22-23,29,32H,7,13,17,19-21,24-25H2,1-6H3,(H,40,48)(H,42,49)/t29-,32-,39?/m0/s1. The molecule has 2 aromatic carbocycles. The molecule has 0 saturated carbocycles. The summed E-state index contributed by atoms with van der Waals surface area (Å²) < 4.78 is 12.9. The van der Waals surface area contributed by atoms with Gasteiger partial charge in [0.1, 0.15) is 23.6 Å². The summed E-state index contributed by atoms with van der Waals surface area (Å²) in [6.45, 7) is 11.0. The minimum Gasteiger partial charge on any atom is -0.445 e. The van der Waals surface area contributed by atoms with E-state index in [-0.39, 0.29) is 24.6 Å². The molecule has 2 aliphatic rings. The number of rotatable bonds is 9. The van der Waals surface area contributed by atoms with Crippen molar-refractivity contribution in [3.63, 3.8) is 0 Å². The lowest BCUT2D eigenvalue weighted by Crippen LogP contribution is -2.58. The first kappa shape index (κ1) is 35.7. The van der Waals surface area contributed by atoms with Gasteiger partial charge in [0.25, 0.3) is 5.91 Å². The number of likely N-dealkylation sites (N-methyl/N-ethyl adjacent to an activating group) is 1. The lowest BCUT2D eigenvalue weighted by molar-refractivity contribution is -0.140. The molecule has 1 unspecified atom stereocenters. The van der Waals surface area contributed by atoms with Crippen LogP contribution >= 0.6 is 0 Å². The fourth-order valence-electron chi connectivity index (χ4n) is 7.34. The van der Waals surface area contributed by atoms with E-state index >= 15 is 0 Å². The molecule has 12 heteroatoms. The zero-order chi connectivity index (χ0) is 36.3. The minimum atomic E-state index is -1.30. The largest absolute Gasteiger partial charge is 0.445 e. The van der Waals surface area contributed by atoms with Gasteiger partial charge in [-0.3, -0.25) is 4.79 Å². The van der Waals surface area contributed by atoms with Crippen LogP contribution in [-0.2, 0) is 32.8 Å². The summed E-state index contributed by atoms with van der Waals surface area (Å²) in [6, 6.07) is 18.8. The van der Waals surface area contributed by atoms with E-state index in [4.69, 9.17) is 19.6 Å². The topological polar surface area (TPSA) is 130 Å². The lowest BCUT2D eigenvalue weighted by Gasteiger charge is -2.42. The molecule has 1 fully saturated rings. The molecule has 1 aliphatic carbocycles. The molecular formula is C39H49N7O5. The second-order valence-corrected chi connectivity index (χ2v) is 14.6. The molecule has 4 aromatic rings. The number of fused-ring (bicyclic) bond motifs is 2. The van der Waals surface area contributed by atoms with E-state index in [1.54, 1.807) is 16.5 Å². The van der Waals surface area contributed by atoms with Crippen molar-refractivity contribution in [3.05, 3.63) is 94.8 Å². The summed E-state index contributed by atoms with van der Waals surface area (Å²) in [5.41, 5.74) is 3.14. The Morgan fingerprint density at radius 3 is 2.57 bits per heavy atom.